The molecule has 2 aliphatic carbocycles. The van der Waals surface area contributed by atoms with Crippen molar-refractivity contribution < 1.29 is 4.74 Å². The van der Waals surface area contributed by atoms with E-state index >= 15 is 0 Å². The second-order valence-electron chi connectivity index (χ2n) is 10.3. The van der Waals surface area contributed by atoms with Gasteiger partial charge in [0.25, 0.3) is 0 Å². The Morgan fingerprint density at radius 3 is 2.17 bits per heavy atom. The molecule has 2 aliphatic rings. The number of ether oxygens (including phenoxy) is 1. The van der Waals surface area contributed by atoms with Gasteiger partial charge >= 0.3 is 0 Å². The highest BCUT2D eigenvalue weighted by Crippen LogP contribution is 2.38. The number of rotatable bonds is 12. The maximum Gasteiger partial charge on any atom is 0.119 e. The first-order chi connectivity index (χ1) is 14.8. The van der Waals surface area contributed by atoms with Gasteiger partial charge in [-0.15, -0.1) is 0 Å². The lowest BCUT2D eigenvalue weighted by Crippen LogP contribution is -2.19. The maximum absolute atomic E-state index is 6.09. The standard InChI is InChI=1S/C29H48O/c1-3-5-6-7-11-24-15-17-27(18-16-24)28-19-21-29(22-20-28)30-23-10-14-26-13-9-8-12-25(26)4-2/h19-22,24-27H,3-18,23H2,1-2H3. The van der Waals surface area contributed by atoms with E-state index in [9.17, 15) is 0 Å². The van der Waals surface area contributed by atoms with Crippen molar-refractivity contribution >= 4 is 0 Å². The molecule has 2 saturated carbocycles. The number of benzene rings is 1. The lowest BCUT2D eigenvalue weighted by atomic mass is 9.76. The van der Waals surface area contributed by atoms with E-state index in [0.717, 1.165) is 36.0 Å². The third kappa shape index (κ3) is 7.61. The Balaban J connectivity index is 1.32. The first-order valence-corrected chi connectivity index (χ1v) is 13.5. The molecule has 1 heteroatoms. The number of hydrogen-bond donors (Lipinski definition) is 0. The zero-order valence-corrected chi connectivity index (χ0v) is 20.0. The van der Waals surface area contributed by atoms with E-state index in [1.165, 1.54) is 103 Å². The van der Waals surface area contributed by atoms with Crippen molar-refractivity contribution in [3.8, 4) is 5.75 Å². The van der Waals surface area contributed by atoms with Gasteiger partial charge in [0.2, 0.25) is 0 Å². The zero-order chi connectivity index (χ0) is 21.0. The van der Waals surface area contributed by atoms with Crippen LogP contribution in [0.3, 0.4) is 0 Å². The normalized spacial score (nSPS) is 27.1. The van der Waals surface area contributed by atoms with E-state index in [-0.39, 0.29) is 0 Å². The van der Waals surface area contributed by atoms with Gasteiger partial charge in [-0.1, -0.05) is 90.2 Å². The molecular weight excluding hydrogens is 364 g/mol. The largest absolute Gasteiger partial charge is 0.494 e. The van der Waals surface area contributed by atoms with Gasteiger partial charge in [0.05, 0.1) is 6.61 Å². The van der Waals surface area contributed by atoms with Gasteiger partial charge in [0.1, 0.15) is 5.75 Å². The topological polar surface area (TPSA) is 9.23 Å². The monoisotopic (exact) mass is 412 g/mol. The van der Waals surface area contributed by atoms with Crippen LogP contribution in [0.4, 0.5) is 0 Å². The zero-order valence-electron chi connectivity index (χ0n) is 20.0. The molecule has 0 aromatic heterocycles. The van der Waals surface area contributed by atoms with E-state index < -0.39 is 0 Å². The van der Waals surface area contributed by atoms with Gasteiger partial charge in [-0.3, -0.25) is 0 Å². The molecule has 0 amide bonds. The minimum absolute atomic E-state index is 0.781. The quantitative estimate of drug-likeness (QED) is 0.311. The van der Waals surface area contributed by atoms with Crippen LogP contribution in [-0.4, -0.2) is 6.61 Å². The molecule has 0 N–H and O–H groups in total. The van der Waals surface area contributed by atoms with Crippen molar-refractivity contribution in [2.75, 3.05) is 6.61 Å². The smallest absolute Gasteiger partial charge is 0.119 e. The highest BCUT2D eigenvalue weighted by molar-refractivity contribution is 5.29. The summed E-state index contributed by atoms with van der Waals surface area (Å²) in [7, 11) is 0. The average molecular weight is 413 g/mol. The van der Waals surface area contributed by atoms with Gasteiger partial charge in [0.15, 0.2) is 0 Å². The van der Waals surface area contributed by atoms with Gasteiger partial charge in [0, 0.05) is 0 Å². The van der Waals surface area contributed by atoms with Crippen molar-refractivity contribution in [2.24, 2.45) is 17.8 Å². The molecule has 1 aromatic carbocycles. The Kier molecular flexibility index (Phi) is 10.6. The second kappa shape index (κ2) is 13.4. The minimum Gasteiger partial charge on any atom is -0.494 e. The molecule has 1 aromatic rings. The van der Waals surface area contributed by atoms with Crippen LogP contribution < -0.4 is 4.74 Å². The summed E-state index contributed by atoms with van der Waals surface area (Å²) < 4.78 is 6.09. The predicted octanol–water partition coefficient (Wildman–Crippen LogP) is 9.31. The highest BCUT2D eigenvalue weighted by Gasteiger charge is 2.23. The summed E-state index contributed by atoms with van der Waals surface area (Å²) in [6.45, 7) is 5.57. The van der Waals surface area contributed by atoms with Gasteiger partial charge in [-0.05, 0) is 79.9 Å². The first-order valence-electron chi connectivity index (χ1n) is 13.5. The molecule has 0 saturated heterocycles. The van der Waals surface area contributed by atoms with Crippen LogP contribution >= 0.6 is 0 Å². The molecule has 170 valence electrons. The van der Waals surface area contributed by atoms with E-state index in [1.54, 1.807) is 5.56 Å². The fourth-order valence-electron chi connectivity index (χ4n) is 6.22. The van der Waals surface area contributed by atoms with Gasteiger partial charge in [-0.25, -0.2) is 0 Å². The summed E-state index contributed by atoms with van der Waals surface area (Å²) in [6, 6.07) is 9.13. The van der Waals surface area contributed by atoms with Crippen LogP contribution in [0.15, 0.2) is 24.3 Å². The lowest BCUT2D eigenvalue weighted by molar-refractivity contribution is 0.199. The fraction of sp³-hybridized carbons (Fsp3) is 0.793. The van der Waals surface area contributed by atoms with E-state index in [2.05, 4.69) is 38.1 Å². The van der Waals surface area contributed by atoms with Crippen LogP contribution in [0.5, 0.6) is 5.75 Å². The fourth-order valence-corrected chi connectivity index (χ4v) is 6.22. The molecule has 2 atom stereocenters. The third-order valence-electron chi connectivity index (χ3n) is 8.24. The van der Waals surface area contributed by atoms with Crippen LogP contribution in [0.2, 0.25) is 0 Å². The highest BCUT2D eigenvalue weighted by atomic mass is 16.5. The molecule has 1 nitrogen and oxygen atoms in total. The molecule has 2 fully saturated rings. The van der Waals surface area contributed by atoms with E-state index in [1.807, 2.05) is 0 Å². The molecule has 0 bridgehead atoms. The van der Waals surface area contributed by atoms with Gasteiger partial charge in [-0.2, -0.15) is 0 Å². The van der Waals surface area contributed by atoms with Crippen LogP contribution in [0.25, 0.3) is 0 Å². The Hall–Kier alpha value is -0.980. The molecule has 2 unspecified atom stereocenters. The SMILES string of the molecule is CCCCCCC1CCC(c2ccc(OCCCC3CCCCC3CC)cc2)CC1. The molecule has 0 radical (unpaired) electrons. The van der Waals surface area contributed by atoms with Crippen molar-refractivity contribution in [2.45, 2.75) is 122 Å². The molecule has 0 spiro atoms. The van der Waals surface area contributed by atoms with E-state index in [4.69, 9.17) is 4.74 Å². The molecular formula is C29H48O. The Labute approximate surface area is 187 Å². The summed E-state index contributed by atoms with van der Waals surface area (Å²) in [5, 5.41) is 0. The minimum atomic E-state index is 0.781. The van der Waals surface area contributed by atoms with Crippen LogP contribution in [0.1, 0.15) is 128 Å². The first kappa shape index (κ1) is 23.7. The summed E-state index contributed by atoms with van der Waals surface area (Å²) in [5.74, 6) is 4.78. The Bertz CT molecular complexity index is 554. The van der Waals surface area contributed by atoms with Gasteiger partial charge < -0.3 is 4.74 Å². The summed E-state index contributed by atoms with van der Waals surface area (Å²) >= 11 is 0. The van der Waals surface area contributed by atoms with Crippen molar-refractivity contribution in [1.29, 1.82) is 0 Å². The molecule has 0 aliphatic heterocycles. The number of unbranched alkanes of at least 4 members (excludes halogenated alkanes) is 3. The Morgan fingerprint density at radius 1 is 0.733 bits per heavy atom. The van der Waals surface area contributed by atoms with Crippen molar-refractivity contribution in [3.63, 3.8) is 0 Å². The summed E-state index contributed by atoms with van der Waals surface area (Å²) in [5.41, 5.74) is 1.54. The average Bonchev–Trinajstić information content (AvgIpc) is 2.81. The molecule has 30 heavy (non-hydrogen) atoms. The third-order valence-corrected chi connectivity index (χ3v) is 8.24. The van der Waals surface area contributed by atoms with Crippen molar-refractivity contribution in [1.82, 2.24) is 0 Å². The molecule has 0 heterocycles. The summed E-state index contributed by atoms with van der Waals surface area (Å²) in [4.78, 5) is 0. The number of hydrogen-bond acceptors (Lipinski definition) is 1. The maximum atomic E-state index is 6.09. The Morgan fingerprint density at radius 2 is 1.47 bits per heavy atom. The lowest BCUT2D eigenvalue weighted by Gasteiger charge is -2.30. The summed E-state index contributed by atoms with van der Waals surface area (Å²) in [6.07, 6.45) is 22.6. The van der Waals surface area contributed by atoms with Crippen LogP contribution in [-0.2, 0) is 0 Å². The van der Waals surface area contributed by atoms with E-state index in [0.29, 0.717) is 0 Å². The van der Waals surface area contributed by atoms with Crippen molar-refractivity contribution in [3.05, 3.63) is 29.8 Å². The van der Waals surface area contributed by atoms with Crippen LogP contribution in [0, 0.1) is 17.8 Å². The molecule has 3 rings (SSSR count). The second-order valence-corrected chi connectivity index (χ2v) is 10.3. The predicted molar refractivity (Wildman–Crippen MR) is 130 cm³/mol.